The molecular formula is C13H18Cl2N4O3. The molecule has 0 spiro atoms. The van der Waals surface area contributed by atoms with Crippen LogP contribution in [0.4, 0.5) is 10.7 Å². The second kappa shape index (κ2) is 6.34. The molecule has 22 heavy (non-hydrogen) atoms. The van der Waals surface area contributed by atoms with Crippen molar-refractivity contribution in [3.8, 4) is 0 Å². The first-order valence-electron chi connectivity index (χ1n) is 6.83. The lowest BCUT2D eigenvalue weighted by Gasteiger charge is -2.39. The molecule has 2 N–H and O–H groups in total. The molecule has 0 unspecified atom stereocenters. The van der Waals surface area contributed by atoms with E-state index in [0.717, 1.165) is 12.8 Å². The minimum Gasteiger partial charge on any atom is -0.449 e. The SMILES string of the molecule is Cn1c(N2CCC(C)(COC(N)=O)CC2)nc(Cl)c(Cl)c1=O. The van der Waals surface area contributed by atoms with E-state index < -0.39 is 6.09 Å². The van der Waals surface area contributed by atoms with E-state index in [9.17, 15) is 9.59 Å². The van der Waals surface area contributed by atoms with Gasteiger partial charge in [0, 0.05) is 25.6 Å². The highest BCUT2D eigenvalue weighted by Gasteiger charge is 2.32. The number of ether oxygens (including phenoxy) is 1. The van der Waals surface area contributed by atoms with Crippen molar-refractivity contribution >= 4 is 35.2 Å². The minimum atomic E-state index is -0.766. The third-order valence-corrected chi connectivity index (χ3v) is 4.70. The zero-order valence-corrected chi connectivity index (χ0v) is 13.9. The van der Waals surface area contributed by atoms with Gasteiger partial charge in [-0.05, 0) is 12.8 Å². The maximum absolute atomic E-state index is 12.0. The molecule has 9 heteroatoms. The Kier molecular flexibility index (Phi) is 4.87. The lowest BCUT2D eigenvalue weighted by molar-refractivity contribution is 0.0816. The van der Waals surface area contributed by atoms with E-state index in [2.05, 4.69) is 4.98 Å². The second-order valence-electron chi connectivity index (χ2n) is 5.79. The molecule has 0 aromatic carbocycles. The summed E-state index contributed by atoms with van der Waals surface area (Å²) in [6, 6.07) is 0. The fourth-order valence-electron chi connectivity index (χ4n) is 2.46. The number of carbonyl (C=O) groups excluding carboxylic acids is 1. The molecule has 7 nitrogen and oxygen atoms in total. The summed E-state index contributed by atoms with van der Waals surface area (Å²) in [4.78, 5) is 28.9. The number of piperidine rings is 1. The van der Waals surface area contributed by atoms with Crippen molar-refractivity contribution in [1.82, 2.24) is 9.55 Å². The van der Waals surface area contributed by atoms with Crippen LogP contribution in [0.2, 0.25) is 10.2 Å². The standard InChI is InChI=1S/C13H18Cl2N4O3/c1-13(7-22-11(16)21)3-5-19(6-4-13)12-17-9(15)8(14)10(20)18(12)2/h3-7H2,1-2H3,(H2,16,21). The smallest absolute Gasteiger partial charge is 0.404 e. The number of carbonyl (C=O) groups is 1. The number of hydrogen-bond donors (Lipinski definition) is 1. The first-order chi connectivity index (χ1) is 10.2. The Balaban J connectivity index is 2.12. The van der Waals surface area contributed by atoms with E-state index in [0.29, 0.717) is 19.0 Å². The van der Waals surface area contributed by atoms with E-state index in [1.807, 2.05) is 11.8 Å². The summed E-state index contributed by atoms with van der Waals surface area (Å²) in [6.45, 7) is 3.65. The molecule has 0 saturated carbocycles. The number of primary amides is 1. The molecule has 0 radical (unpaired) electrons. The molecule has 1 aromatic heterocycles. The number of halogens is 2. The fourth-order valence-corrected chi connectivity index (χ4v) is 2.78. The van der Waals surface area contributed by atoms with Crippen molar-refractivity contribution in [3.05, 3.63) is 20.5 Å². The minimum absolute atomic E-state index is 0.00478. The Morgan fingerprint density at radius 3 is 2.55 bits per heavy atom. The largest absolute Gasteiger partial charge is 0.449 e. The number of nitrogens with zero attached hydrogens (tertiary/aromatic N) is 3. The van der Waals surface area contributed by atoms with Crippen LogP contribution >= 0.6 is 23.2 Å². The van der Waals surface area contributed by atoms with Crippen molar-refractivity contribution in [1.29, 1.82) is 0 Å². The van der Waals surface area contributed by atoms with Crippen LogP contribution in [0.25, 0.3) is 0 Å². The Bertz CT molecular complexity index is 639. The maximum atomic E-state index is 12.0. The molecule has 1 amide bonds. The van der Waals surface area contributed by atoms with Crippen LogP contribution < -0.4 is 16.2 Å². The molecule has 2 heterocycles. The van der Waals surface area contributed by atoms with E-state index in [-0.39, 0.29) is 27.8 Å². The molecule has 1 aliphatic heterocycles. The summed E-state index contributed by atoms with van der Waals surface area (Å²) in [6.07, 6.45) is 0.782. The fraction of sp³-hybridized carbons (Fsp3) is 0.615. The van der Waals surface area contributed by atoms with Gasteiger partial charge in [-0.1, -0.05) is 30.1 Å². The van der Waals surface area contributed by atoms with Gasteiger partial charge in [0.2, 0.25) is 5.95 Å². The van der Waals surface area contributed by atoms with Crippen LogP contribution in [-0.4, -0.2) is 35.3 Å². The van der Waals surface area contributed by atoms with E-state index in [4.69, 9.17) is 33.7 Å². The summed E-state index contributed by atoms with van der Waals surface area (Å²) >= 11 is 11.7. The number of nitrogens with two attached hydrogens (primary N) is 1. The Morgan fingerprint density at radius 1 is 1.41 bits per heavy atom. The molecule has 1 aliphatic rings. The molecule has 2 rings (SSSR count). The third-order valence-electron chi connectivity index (χ3n) is 3.99. The third kappa shape index (κ3) is 3.47. The van der Waals surface area contributed by atoms with Gasteiger partial charge in [-0.15, -0.1) is 0 Å². The number of anilines is 1. The predicted molar refractivity (Wildman–Crippen MR) is 84.6 cm³/mol. The van der Waals surface area contributed by atoms with Gasteiger partial charge in [0.1, 0.15) is 5.02 Å². The summed E-state index contributed by atoms with van der Waals surface area (Å²) in [5.41, 5.74) is 4.50. The van der Waals surface area contributed by atoms with Gasteiger partial charge in [-0.25, -0.2) is 9.78 Å². The summed E-state index contributed by atoms with van der Waals surface area (Å²) in [5.74, 6) is 0.484. The van der Waals surface area contributed by atoms with Gasteiger partial charge in [-0.3, -0.25) is 9.36 Å². The van der Waals surface area contributed by atoms with Crippen LogP contribution in [0, 0.1) is 5.41 Å². The van der Waals surface area contributed by atoms with Crippen molar-refractivity contribution in [2.24, 2.45) is 18.2 Å². The second-order valence-corrected chi connectivity index (χ2v) is 6.52. The highest BCUT2D eigenvalue weighted by molar-refractivity contribution is 6.41. The van der Waals surface area contributed by atoms with Crippen molar-refractivity contribution in [3.63, 3.8) is 0 Å². The number of hydrogen-bond acceptors (Lipinski definition) is 5. The van der Waals surface area contributed by atoms with Crippen LogP contribution in [0.3, 0.4) is 0 Å². The van der Waals surface area contributed by atoms with Gasteiger partial charge < -0.3 is 15.4 Å². The highest BCUT2D eigenvalue weighted by Crippen LogP contribution is 2.33. The molecule has 1 aromatic rings. The number of amides is 1. The van der Waals surface area contributed by atoms with Gasteiger partial charge in [0.15, 0.2) is 5.15 Å². The Labute approximate surface area is 138 Å². The zero-order chi connectivity index (χ0) is 16.5. The van der Waals surface area contributed by atoms with Crippen LogP contribution in [0.5, 0.6) is 0 Å². The molecule has 1 fully saturated rings. The molecule has 1 saturated heterocycles. The van der Waals surface area contributed by atoms with Gasteiger partial charge in [-0.2, -0.15) is 0 Å². The van der Waals surface area contributed by atoms with Crippen LogP contribution in [0.1, 0.15) is 19.8 Å². The van der Waals surface area contributed by atoms with Crippen LogP contribution in [-0.2, 0) is 11.8 Å². The number of aromatic nitrogens is 2. The molecule has 0 bridgehead atoms. The highest BCUT2D eigenvalue weighted by atomic mass is 35.5. The quantitative estimate of drug-likeness (QED) is 0.840. The van der Waals surface area contributed by atoms with Gasteiger partial charge >= 0.3 is 6.09 Å². The van der Waals surface area contributed by atoms with Crippen molar-refractivity contribution in [2.45, 2.75) is 19.8 Å². The van der Waals surface area contributed by atoms with E-state index in [1.165, 1.54) is 4.57 Å². The Morgan fingerprint density at radius 2 is 2.00 bits per heavy atom. The summed E-state index contributed by atoms with van der Waals surface area (Å²) in [5, 5.41) is -0.0743. The average molecular weight is 349 g/mol. The van der Waals surface area contributed by atoms with E-state index in [1.54, 1.807) is 7.05 Å². The van der Waals surface area contributed by atoms with Crippen molar-refractivity contribution < 1.29 is 9.53 Å². The molecule has 0 aliphatic carbocycles. The predicted octanol–water partition coefficient (Wildman–Crippen LogP) is 1.79. The normalized spacial score (nSPS) is 17.4. The average Bonchev–Trinajstić information content (AvgIpc) is 2.48. The first kappa shape index (κ1) is 16.9. The summed E-state index contributed by atoms with van der Waals surface area (Å²) in [7, 11) is 1.61. The molecular weight excluding hydrogens is 331 g/mol. The maximum Gasteiger partial charge on any atom is 0.404 e. The van der Waals surface area contributed by atoms with Gasteiger partial charge in [0.05, 0.1) is 6.61 Å². The first-order valence-corrected chi connectivity index (χ1v) is 7.58. The molecule has 122 valence electrons. The topological polar surface area (TPSA) is 90.4 Å². The lowest BCUT2D eigenvalue weighted by Crippen LogP contribution is -2.43. The molecule has 0 atom stereocenters. The monoisotopic (exact) mass is 348 g/mol. The zero-order valence-electron chi connectivity index (χ0n) is 12.4. The Hall–Kier alpha value is -1.47. The number of rotatable bonds is 3. The van der Waals surface area contributed by atoms with Crippen molar-refractivity contribution in [2.75, 3.05) is 24.6 Å². The van der Waals surface area contributed by atoms with E-state index >= 15 is 0 Å². The van der Waals surface area contributed by atoms with Gasteiger partial charge in [0.25, 0.3) is 5.56 Å². The summed E-state index contributed by atoms with van der Waals surface area (Å²) < 4.78 is 6.30. The lowest BCUT2D eigenvalue weighted by atomic mass is 9.81. The van der Waals surface area contributed by atoms with Crippen LogP contribution in [0.15, 0.2) is 4.79 Å².